The molecule has 0 aliphatic carbocycles. The van der Waals surface area contributed by atoms with E-state index in [-0.39, 0.29) is 5.75 Å². The zero-order chi connectivity index (χ0) is 12.3. The Hall–Kier alpha value is -1.55. The van der Waals surface area contributed by atoms with Gasteiger partial charge in [0.1, 0.15) is 0 Å². The molecular weight excluding hydrogens is 243 g/mol. The lowest BCUT2D eigenvalue weighted by Gasteiger charge is -2.06. The molecule has 0 unspecified atom stereocenters. The van der Waals surface area contributed by atoms with E-state index in [9.17, 15) is 4.39 Å². The van der Waals surface area contributed by atoms with Crippen molar-refractivity contribution in [1.82, 2.24) is 9.78 Å². The lowest BCUT2D eigenvalue weighted by Crippen LogP contribution is -1.99. The predicted octanol–water partition coefficient (Wildman–Crippen LogP) is 3.15. The van der Waals surface area contributed by atoms with E-state index in [2.05, 4.69) is 5.10 Å². The molecule has 0 N–H and O–H groups in total. The molecule has 0 saturated carbocycles. The normalized spacial score (nSPS) is 10.5. The van der Waals surface area contributed by atoms with Crippen LogP contribution in [0, 0.1) is 5.82 Å². The number of hydrogen-bond acceptors (Lipinski definition) is 2. The van der Waals surface area contributed by atoms with Gasteiger partial charge >= 0.3 is 0 Å². The van der Waals surface area contributed by atoms with Gasteiger partial charge in [-0.05, 0) is 25.1 Å². The summed E-state index contributed by atoms with van der Waals surface area (Å²) in [5.74, 6) is 0.195. The summed E-state index contributed by atoms with van der Waals surface area (Å²) in [7, 11) is 0. The standard InChI is InChI=1S/C12H12ClFN2O/c1-2-17-12-4-3-10(7-11(12)14)16-6-5-9(8-13)15-16/h3-7H,2,8H2,1H3. The van der Waals surface area contributed by atoms with Crippen LogP contribution in [0.15, 0.2) is 30.5 Å². The van der Waals surface area contributed by atoms with Crippen molar-refractivity contribution in [2.75, 3.05) is 6.61 Å². The third kappa shape index (κ3) is 2.58. The Morgan fingerprint density at radius 2 is 2.24 bits per heavy atom. The average molecular weight is 255 g/mol. The Morgan fingerprint density at radius 1 is 1.41 bits per heavy atom. The Bertz CT molecular complexity index is 513. The van der Waals surface area contributed by atoms with Crippen LogP contribution in [0.5, 0.6) is 5.75 Å². The number of aromatic nitrogens is 2. The van der Waals surface area contributed by atoms with E-state index < -0.39 is 5.82 Å². The van der Waals surface area contributed by atoms with E-state index in [0.29, 0.717) is 18.2 Å². The maximum atomic E-state index is 13.6. The van der Waals surface area contributed by atoms with Crippen LogP contribution in [0.4, 0.5) is 4.39 Å². The summed E-state index contributed by atoms with van der Waals surface area (Å²) in [6.07, 6.45) is 1.74. The van der Waals surface area contributed by atoms with Gasteiger partial charge in [-0.2, -0.15) is 5.10 Å². The van der Waals surface area contributed by atoms with Crippen LogP contribution in [0.3, 0.4) is 0 Å². The van der Waals surface area contributed by atoms with Crippen molar-refractivity contribution in [2.24, 2.45) is 0 Å². The summed E-state index contributed by atoms with van der Waals surface area (Å²) in [6, 6.07) is 6.52. The van der Waals surface area contributed by atoms with E-state index in [1.165, 1.54) is 6.07 Å². The van der Waals surface area contributed by atoms with Crippen LogP contribution in [0.2, 0.25) is 0 Å². The third-order valence-electron chi connectivity index (χ3n) is 2.26. The molecule has 2 rings (SSSR count). The van der Waals surface area contributed by atoms with Gasteiger partial charge in [0.25, 0.3) is 0 Å². The maximum Gasteiger partial charge on any atom is 0.167 e. The summed E-state index contributed by atoms with van der Waals surface area (Å²) < 4.78 is 20.3. The van der Waals surface area contributed by atoms with Gasteiger partial charge in [-0.3, -0.25) is 0 Å². The van der Waals surface area contributed by atoms with E-state index in [0.717, 1.165) is 5.69 Å². The molecule has 0 saturated heterocycles. The average Bonchev–Trinajstić information content (AvgIpc) is 2.80. The molecular formula is C12H12ClFN2O. The first-order valence-electron chi connectivity index (χ1n) is 5.28. The highest BCUT2D eigenvalue weighted by Crippen LogP contribution is 2.20. The Balaban J connectivity index is 2.30. The van der Waals surface area contributed by atoms with Crippen molar-refractivity contribution in [2.45, 2.75) is 12.8 Å². The van der Waals surface area contributed by atoms with Gasteiger partial charge in [0.2, 0.25) is 0 Å². The lowest BCUT2D eigenvalue weighted by atomic mass is 10.3. The first-order chi connectivity index (χ1) is 8.24. The molecule has 17 heavy (non-hydrogen) atoms. The maximum absolute atomic E-state index is 13.6. The van der Waals surface area contributed by atoms with Crippen LogP contribution in [0.1, 0.15) is 12.6 Å². The number of rotatable bonds is 4. The Morgan fingerprint density at radius 3 is 2.82 bits per heavy atom. The molecule has 0 amide bonds. The second-order valence-electron chi connectivity index (χ2n) is 3.43. The number of hydrogen-bond donors (Lipinski definition) is 0. The highest BCUT2D eigenvalue weighted by molar-refractivity contribution is 6.16. The number of benzene rings is 1. The molecule has 0 aliphatic rings. The number of alkyl halides is 1. The molecule has 2 aromatic rings. The molecule has 3 nitrogen and oxygen atoms in total. The fraction of sp³-hybridized carbons (Fsp3) is 0.250. The van der Waals surface area contributed by atoms with Crippen LogP contribution < -0.4 is 4.74 Å². The van der Waals surface area contributed by atoms with Crippen LogP contribution >= 0.6 is 11.6 Å². The quantitative estimate of drug-likeness (QED) is 0.784. The van der Waals surface area contributed by atoms with Gasteiger partial charge in [0, 0.05) is 12.3 Å². The van der Waals surface area contributed by atoms with Gasteiger partial charge in [0.15, 0.2) is 11.6 Å². The topological polar surface area (TPSA) is 27.1 Å². The van der Waals surface area contributed by atoms with Crippen LogP contribution in [-0.2, 0) is 5.88 Å². The second-order valence-corrected chi connectivity index (χ2v) is 3.70. The summed E-state index contributed by atoms with van der Waals surface area (Å²) in [5, 5.41) is 4.19. The van der Waals surface area contributed by atoms with Crippen molar-refractivity contribution in [3.8, 4) is 11.4 Å². The van der Waals surface area contributed by atoms with Crippen LogP contribution in [0.25, 0.3) is 5.69 Å². The number of ether oxygens (including phenoxy) is 1. The van der Waals surface area contributed by atoms with Crippen molar-refractivity contribution >= 4 is 11.6 Å². The van der Waals surface area contributed by atoms with Gasteiger partial charge in [-0.25, -0.2) is 9.07 Å². The molecule has 1 aromatic carbocycles. The largest absolute Gasteiger partial charge is 0.491 e. The summed E-state index contributed by atoms with van der Waals surface area (Å²) >= 11 is 5.66. The first-order valence-corrected chi connectivity index (χ1v) is 5.81. The molecule has 1 aromatic heterocycles. The third-order valence-corrected chi connectivity index (χ3v) is 2.53. The zero-order valence-electron chi connectivity index (χ0n) is 9.36. The number of nitrogens with zero attached hydrogens (tertiary/aromatic N) is 2. The Labute approximate surface area is 104 Å². The van der Waals surface area contributed by atoms with E-state index in [1.54, 1.807) is 29.1 Å². The number of halogens is 2. The molecule has 1 heterocycles. The summed E-state index contributed by atoms with van der Waals surface area (Å²) in [6.45, 7) is 2.25. The van der Waals surface area contributed by atoms with E-state index in [4.69, 9.17) is 16.3 Å². The minimum Gasteiger partial charge on any atom is -0.491 e. The van der Waals surface area contributed by atoms with Gasteiger partial charge < -0.3 is 4.74 Å². The summed E-state index contributed by atoms with van der Waals surface area (Å²) in [4.78, 5) is 0. The van der Waals surface area contributed by atoms with Crippen molar-refractivity contribution in [3.05, 3.63) is 42.0 Å². The highest BCUT2D eigenvalue weighted by atomic mass is 35.5. The van der Waals surface area contributed by atoms with Crippen molar-refractivity contribution in [1.29, 1.82) is 0 Å². The fourth-order valence-electron chi connectivity index (χ4n) is 1.48. The fourth-order valence-corrected chi connectivity index (χ4v) is 1.62. The Kier molecular flexibility index (Phi) is 3.64. The lowest BCUT2D eigenvalue weighted by molar-refractivity contribution is 0.321. The molecule has 0 aliphatic heterocycles. The summed E-state index contributed by atoms with van der Waals surface area (Å²) in [5.41, 5.74) is 1.39. The van der Waals surface area contributed by atoms with Gasteiger partial charge in [0.05, 0.1) is 23.9 Å². The minimum absolute atomic E-state index is 0.251. The molecule has 0 bridgehead atoms. The molecule has 0 radical (unpaired) electrons. The minimum atomic E-state index is -0.396. The molecule has 0 fully saturated rings. The molecule has 0 spiro atoms. The highest BCUT2D eigenvalue weighted by Gasteiger charge is 2.06. The van der Waals surface area contributed by atoms with E-state index >= 15 is 0 Å². The van der Waals surface area contributed by atoms with Gasteiger partial charge in [-0.15, -0.1) is 11.6 Å². The zero-order valence-corrected chi connectivity index (χ0v) is 10.1. The molecule has 0 atom stereocenters. The second kappa shape index (κ2) is 5.19. The van der Waals surface area contributed by atoms with Gasteiger partial charge in [-0.1, -0.05) is 0 Å². The van der Waals surface area contributed by atoms with Crippen molar-refractivity contribution < 1.29 is 9.13 Å². The molecule has 5 heteroatoms. The monoisotopic (exact) mass is 254 g/mol. The predicted molar refractivity (Wildman–Crippen MR) is 64.2 cm³/mol. The smallest absolute Gasteiger partial charge is 0.167 e. The molecule has 90 valence electrons. The van der Waals surface area contributed by atoms with Crippen LogP contribution in [-0.4, -0.2) is 16.4 Å². The first kappa shape index (κ1) is 11.9. The van der Waals surface area contributed by atoms with Crippen molar-refractivity contribution in [3.63, 3.8) is 0 Å². The van der Waals surface area contributed by atoms with E-state index in [1.807, 2.05) is 6.92 Å². The SMILES string of the molecule is CCOc1ccc(-n2ccc(CCl)n2)cc1F.